The minimum Gasteiger partial charge on any atom is -0.412 e. The fraction of sp³-hybridized carbons (Fsp3) is 0.345. The Kier molecular flexibility index (Phi) is 12.4. The second-order valence-electron chi connectivity index (χ2n) is 9.26. The van der Waals surface area contributed by atoms with E-state index in [0.717, 1.165) is 63.1 Å². The lowest BCUT2D eigenvalue weighted by Gasteiger charge is -2.39. The predicted molar refractivity (Wildman–Crippen MR) is 157 cm³/mol. The van der Waals surface area contributed by atoms with E-state index in [-0.39, 0.29) is 36.0 Å². The van der Waals surface area contributed by atoms with E-state index in [1.54, 1.807) is 0 Å². The minimum absolute atomic E-state index is 0. The molecule has 0 spiro atoms. The molecule has 0 aliphatic carbocycles. The topological polar surface area (TPSA) is 75.8 Å². The molecule has 2 heterocycles. The van der Waals surface area contributed by atoms with Crippen LogP contribution in [0.3, 0.4) is 0 Å². The monoisotopic (exact) mass is 544 g/mol. The molecule has 1 fully saturated rings. The number of aryl methyl sites for hydroxylation is 1. The van der Waals surface area contributed by atoms with E-state index in [4.69, 9.17) is 0 Å². The highest BCUT2D eigenvalue weighted by molar-refractivity contribution is 5.85. The maximum atomic E-state index is 12.2. The average Bonchev–Trinajstić information content (AvgIpc) is 3.21. The summed E-state index contributed by atoms with van der Waals surface area (Å²) in [6.45, 7) is 6.30. The Morgan fingerprint density at radius 3 is 1.84 bits per heavy atom. The summed E-state index contributed by atoms with van der Waals surface area (Å²) in [4.78, 5) is 20.4. The zero-order chi connectivity index (χ0) is 23.2. The van der Waals surface area contributed by atoms with Crippen molar-refractivity contribution in [3.05, 3.63) is 107 Å². The molecule has 5 rings (SSSR count). The molecule has 0 saturated carbocycles. The van der Waals surface area contributed by atoms with Crippen LogP contribution in [0.5, 0.6) is 0 Å². The molecule has 3 aromatic carbocycles. The van der Waals surface area contributed by atoms with Gasteiger partial charge in [0.05, 0.1) is 17.1 Å². The van der Waals surface area contributed by atoms with Crippen molar-refractivity contribution >= 4 is 35.8 Å². The van der Waals surface area contributed by atoms with Crippen LogP contribution in [-0.4, -0.2) is 57.6 Å². The van der Waals surface area contributed by atoms with Crippen molar-refractivity contribution in [2.45, 2.75) is 31.8 Å². The standard InChI is InChI=1S/C29H34N4O.2ClH.H2O/c34-29-30-26-16-8-9-17-27(26)33(29)19-11-3-10-18-31-20-22-32(23-21-31)28(24-12-4-1-5-13-24)25-14-6-2-7-15-25;;;/h1-2,4-9,12-17,28H,3,10-11,18-23H2,(H,30,34);2*1H;1H2. The first-order valence-corrected chi connectivity index (χ1v) is 12.5. The maximum absolute atomic E-state index is 12.2. The molecule has 0 bridgehead atoms. The largest absolute Gasteiger partial charge is 0.412 e. The Labute approximate surface area is 231 Å². The van der Waals surface area contributed by atoms with Crippen molar-refractivity contribution in [3.63, 3.8) is 0 Å². The quantitative estimate of drug-likeness (QED) is 0.303. The number of nitrogens with zero attached hydrogens (tertiary/aromatic N) is 3. The zero-order valence-corrected chi connectivity index (χ0v) is 22.7. The van der Waals surface area contributed by atoms with Gasteiger partial charge in [-0.25, -0.2) is 4.79 Å². The van der Waals surface area contributed by atoms with Crippen LogP contribution in [0, 0.1) is 0 Å². The molecule has 3 N–H and O–H groups in total. The third kappa shape index (κ3) is 7.46. The van der Waals surface area contributed by atoms with E-state index in [1.165, 1.54) is 17.5 Å². The number of para-hydroxylation sites is 2. The highest BCUT2D eigenvalue weighted by atomic mass is 35.5. The molecule has 0 unspecified atom stereocenters. The van der Waals surface area contributed by atoms with E-state index >= 15 is 0 Å². The number of aromatic amines is 1. The first-order chi connectivity index (χ1) is 16.8. The Balaban J connectivity index is 0.00000160. The Hall–Kier alpha value is -2.61. The number of imidazole rings is 1. The number of rotatable bonds is 9. The number of aromatic nitrogens is 2. The van der Waals surface area contributed by atoms with E-state index in [0.29, 0.717) is 6.04 Å². The Morgan fingerprint density at radius 2 is 1.22 bits per heavy atom. The summed E-state index contributed by atoms with van der Waals surface area (Å²) in [5.41, 5.74) is 4.68. The van der Waals surface area contributed by atoms with Gasteiger partial charge in [0.2, 0.25) is 0 Å². The smallest absolute Gasteiger partial charge is 0.326 e. The van der Waals surface area contributed by atoms with Crippen molar-refractivity contribution in [2.75, 3.05) is 32.7 Å². The summed E-state index contributed by atoms with van der Waals surface area (Å²) >= 11 is 0. The third-order valence-electron chi connectivity index (χ3n) is 7.04. The molecular weight excluding hydrogens is 507 g/mol. The number of H-pyrrole nitrogens is 1. The van der Waals surface area contributed by atoms with Gasteiger partial charge in [0.15, 0.2) is 0 Å². The number of nitrogens with one attached hydrogen (secondary N) is 1. The Morgan fingerprint density at radius 1 is 0.676 bits per heavy atom. The number of hydrogen-bond donors (Lipinski definition) is 1. The second-order valence-corrected chi connectivity index (χ2v) is 9.26. The molecule has 8 heteroatoms. The average molecular weight is 546 g/mol. The van der Waals surface area contributed by atoms with E-state index in [1.807, 2.05) is 28.8 Å². The molecule has 200 valence electrons. The summed E-state index contributed by atoms with van der Waals surface area (Å²) in [6.07, 6.45) is 3.35. The number of unbranched alkanes of at least 4 members (excludes halogenated alkanes) is 2. The molecular formula is C29H38Cl2N4O2. The van der Waals surface area contributed by atoms with E-state index in [9.17, 15) is 4.79 Å². The minimum atomic E-state index is 0. The van der Waals surface area contributed by atoms with Crippen LogP contribution in [0.15, 0.2) is 89.7 Å². The number of fused-ring (bicyclic) bond motifs is 1. The molecule has 0 radical (unpaired) electrons. The number of halogens is 2. The normalized spacial score (nSPS) is 14.1. The van der Waals surface area contributed by atoms with Gasteiger partial charge >= 0.3 is 5.69 Å². The highest BCUT2D eigenvalue weighted by Crippen LogP contribution is 2.29. The van der Waals surface area contributed by atoms with Crippen LogP contribution in [-0.2, 0) is 6.54 Å². The van der Waals surface area contributed by atoms with Gasteiger partial charge < -0.3 is 15.4 Å². The lowest BCUT2D eigenvalue weighted by Crippen LogP contribution is -2.48. The fourth-order valence-electron chi connectivity index (χ4n) is 5.24. The summed E-state index contributed by atoms with van der Waals surface area (Å²) in [5.74, 6) is 0. The second kappa shape index (κ2) is 15.0. The summed E-state index contributed by atoms with van der Waals surface area (Å²) < 4.78 is 1.88. The van der Waals surface area contributed by atoms with Crippen LogP contribution in [0.25, 0.3) is 11.0 Å². The third-order valence-corrected chi connectivity index (χ3v) is 7.04. The number of piperazine rings is 1. The maximum Gasteiger partial charge on any atom is 0.326 e. The molecule has 1 saturated heterocycles. The van der Waals surface area contributed by atoms with Crippen molar-refractivity contribution in [2.24, 2.45) is 0 Å². The van der Waals surface area contributed by atoms with Gasteiger partial charge in [0.25, 0.3) is 0 Å². The van der Waals surface area contributed by atoms with Gasteiger partial charge in [0.1, 0.15) is 0 Å². The van der Waals surface area contributed by atoms with E-state index < -0.39 is 0 Å². The van der Waals surface area contributed by atoms with Crippen LogP contribution >= 0.6 is 24.8 Å². The van der Waals surface area contributed by atoms with Crippen molar-refractivity contribution in [1.82, 2.24) is 19.4 Å². The Bertz CT molecular complexity index is 1200. The number of hydrogen-bond acceptors (Lipinski definition) is 3. The van der Waals surface area contributed by atoms with Gasteiger partial charge in [0, 0.05) is 32.7 Å². The van der Waals surface area contributed by atoms with E-state index in [2.05, 4.69) is 75.4 Å². The van der Waals surface area contributed by atoms with Gasteiger partial charge in [-0.2, -0.15) is 0 Å². The summed E-state index contributed by atoms with van der Waals surface area (Å²) in [5, 5.41) is 0. The predicted octanol–water partition coefficient (Wildman–Crippen LogP) is 4.93. The first-order valence-electron chi connectivity index (χ1n) is 12.5. The molecule has 1 aliphatic rings. The first kappa shape index (κ1) is 30.6. The van der Waals surface area contributed by atoms with Gasteiger partial charge in [-0.15, -0.1) is 24.8 Å². The van der Waals surface area contributed by atoms with Crippen LogP contribution < -0.4 is 5.69 Å². The van der Waals surface area contributed by atoms with Gasteiger partial charge in [-0.3, -0.25) is 9.47 Å². The molecule has 1 aliphatic heterocycles. The van der Waals surface area contributed by atoms with Crippen LogP contribution in [0.1, 0.15) is 36.4 Å². The lowest BCUT2D eigenvalue weighted by atomic mass is 9.96. The molecule has 1 aromatic heterocycles. The van der Waals surface area contributed by atoms with Gasteiger partial charge in [-0.1, -0.05) is 79.2 Å². The van der Waals surface area contributed by atoms with Gasteiger partial charge in [-0.05, 0) is 42.6 Å². The highest BCUT2D eigenvalue weighted by Gasteiger charge is 2.26. The number of benzene rings is 3. The lowest BCUT2D eigenvalue weighted by molar-refractivity contribution is 0.108. The van der Waals surface area contributed by atoms with Crippen LogP contribution in [0.2, 0.25) is 0 Å². The summed E-state index contributed by atoms with van der Waals surface area (Å²) in [6, 6.07) is 30.0. The molecule has 4 aromatic rings. The molecule has 0 amide bonds. The van der Waals surface area contributed by atoms with Crippen LogP contribution in [0.4, 0.5) is 0 Å². The molecule has 6 nitrogen and oxygen atoms in total. The van der Waals surface area contributed by atoms with Crippen molar-refractivity contribution in [3.8, 4) is 0 Å². The van der Waals surface area contributed by atoms with Crippen molar-refractivity contribution in [1.29, 1.82) is 0 Å². The molecule has 0 atom stereocenters. The summed E-state index contributed by atoms with van der Waals surface area (Å²) in [7, 11) is 0. The SMILES string of the molecule is Cl.Cl.O.O=c1[nH]c2ccccc2n1CCCCCN1CCN(C(c2ccccc2)c2ccccc2)CC1. The van der Waals surface area contributed by atoms with Crippen molar-refractivity contribution < 1.29 is 5.48 Å². The molecule has 37 heavy (non-hydrogen) atoms. The fourth-order valence-corrected chi connectivity index (χ4v) is 5.24. The zero-order valence-electron chi connectivity index (χ0n) is 21.1.